The van der Waals surface area contributed by atoms with Crippen molar-refractivity contribution in [2.45, 2.75) is 46.8 Å². The van der Waals surface area contributed by atoms with Gasteiger partial charge in [-0.25, -0.2) is 4.99 Å². The summed E-state index contributed by atoms with van der Waals surface area (Å²) in [6.07, 6.45) is 0. The fourth-order valence-electron chi connectivity index (χ4n) is 2.41. The van der Waals surface area contributed by atoms with E-state index in [2.05, 4.69) is 25.8 Å². The number of aryl methyl sites for hydroxylation is 3. The maximum atomic E-state index is 10.7. The molecular weight excluding hydrogens is 310 g/mol. The number of furan rings is 1. The van der Waals surface area contributed by atoms with E-state index >= 15 is 0 Å². The van der Waals surface area contributed by atoms with Gasteiger partial charge in [-0.2, -0.15) is 4.98 Å². The highest BCUT2D eigenvalue weighted by molar-refractivity contribution is 5.79. The van der Waals surface area contributed by atoms with Crippen LogP contribution in [0.1, 0.15) is 42.6 Å². The Morgan fingerprint density at radius 3 is 2.62 bits per heavy atom. The lowest BCUT2D eigenvalue weighted by Gasteiger charge is -2.24. The Morgan fingerprint density at radius 1 is 1.33 bits per heavy atom. The first-order chi connectivity index (χ1) is 11.3. The van der Waals surface area contributed by atoms with Crippen molar-refractivity contribution in [3.8, 4) is 0 Å². The van der Waals surface area contributed by atoms with Gasteiger partial charge in [0.25, 0.3) is 0 Å². The zero-order chi connectivity index (χ0) is 17.7. The Labute approximate surface area is 141 Å². The Bertz CT molecular complexity index is 702. The second kappa shape index (κ2) is 7.48. The lowest BCUT2D eigenvalue weighted by Crippen LogP contribution is -2.44. The third kappa shape index (κ3) is 4.58. The first-order valence-corrected chi connectivity index (χ1v) is 7.93. The van der Waals surface area contributed by atoms with Crippen molar-refractivity contribution in [1.29, 1.82) is 0 Å². The summed E-state index contributed by atoms with van der Waals surface area (Å²) in [6.45, 7) is 10.4. The third-order valence-electron chi connectivity index (χ3n) is 3.51. The smallest absolute Gasteiger partial charge is 0.223 e. The molecule has 0 bridgehead atoms. The summed E-state index contributed by atoms with van der Waals surface area (Å²) in [5, 5.41) is 20.8. The SMILES string of the molecule is CCNC(=NCc1noc(C)n1)NCC(C)(O)c1cc(C)oc1C. The molecule has 0 aromatic carbocycles. The molecule has 2 rings (SSSR count). The molecule has 0 spiro atoms. The highest BCUT2D eigenvalue weighted by Crippen LogP contribution is 2.26. The van der Waals surface area contributed by atoms with Gasteiger partial charge in [0.05, 0.1) is 6.54 Å². The van der Waals surface area contributed by atoms with Gasteiger partial charge in [-0.05, 0) is 33.8 Å². The van der Waals surface area contributed by atoms with Crippen LogP contribution in [0.2, 0.25) is 0 Å². The molecule has 3 N–H and O–H groups in total. The zero-order valence-electron chi connectivity index (χ0n) is 14.8. The van der Waals surface area contributed by atoms with Gasteiger partial charge in [0.15, 0.2) is 11.8 Å². The molecule has 8 nitrogen and oxygen atoms in total. The monoisotopic (exact) mass is 335 g/mol. The molecule has 2 heterocycles. The van der Waals surface area contributed by atoms with Crippen molar-refractivity contribution in [1.82, 2.24) is 20.8 Å². The quantitative estimate of drug-likeness (QED) is 0.543. The number of rotatable bonds is 6. The van der Waals surface area contributed by atoms with Crippen LogP contribution in [0.4, 0.5) is 0 Å². The summed E-state index contributed by atoms with van der Waals surface area (Å²) < 4.78 is 10.4. The van der Waals surface area contributed by atoms with Crippen molar-refractivity contribution in [2.75, 3.05) is 13.1 Å². The number of aliphatic hydroxyl groups is 1. The molecule has 132 valence electrons. The molecule has 1 atom stereocenters. The first-order valence-electron chi connectivity index (χ1n) is 7.93. The predicted molar refractivity (Wildman–Crippen MR) is 89.6 cm³/mol. The van der Waals surface area contributed by atoms with Gasteiger partial charge in [0.2, 0.25) is 5.89 Å². The Morgan fingerprint density at radius 2 is 2.08 bits per heavy atom. The fraction of sp³-hybridized carbons (Fsp3) is 0.562. The van der Waals surface area contributed by atoms with Crippen LogP contribution >= 0.6 is 0 Å². The highest BCUT2D eigenvalue weighted by Gasteiger charge is 2.27. The minimum absolute atomic E-state index is 0.282. The summed E-state index contributed by atoms with van der Waals surface area (Å²) in [5.74, 6) is 3.07. The van der Waals surface area contributed by atoms with Crippen molar-refractivity contribution in [3.05, 3.63) is 34.9 Å². The molecule has 1 unspecified atom stereocenters. The number of aliphatic imine (C=N–C) groups is 1. The van der Waals surface area contributed by atoms with E-state index in [9.17, 15) is 5.11 Å². The van der Waals surface area contributed by atoms with Crippen LogP contribution in [0.5, 0.6) is 0 Å². The summed E-state index contributed by atoms with van der Waals surface area (Å²) in [4.78, 5) is 8.51. The van der Waals surface area contributed by atoms with Gasteiger partial charge in [-0.3, -0.25) is 0 Å². The van der Waals surface area contributed by atoms with E-state index < -0.39 is 5.60 Å². The van der Waals surface area contributed by atoms with Crippen molar-refractivity contribution < 1.29 is 14.0 Å². The second-order valence-electron chi connectivity index (χ2n) is 5.88. The fourth-order valence-corrected chi connectivity index (χ4v) is 2.41. The topological polar surface area (TPSA) is 109 Å². The molecule has 0 saturated carbocycles. The average molecular weight is 335 g/mol. The molecule has 2 aromatic rings. The predicted octanol–water partition coefficient (Wildman–Crippen LogP) is 1.55. The van der Waals surface area contributed by atoms with E-state index in [0.717, 1.165) is 11.3 Å². The van der Waals surface area contributed by atoms with Crippen LogP contribution in [0.3, 0.4) is 0 Å². The molecule has 2 aromatic heterocycles. The van der Waals surface area contributed by atoms with Crippen molar-refractivity contribution in [2.24, 2.45) is 4.99 Å². The van der Waals surface area contributed by atoms with Gasteiger partial charge < -0.3 is 24.7 Å². The Hall–Kier alpha value is -2.35. The lowest BCUT2D eigenvalue weighted by molar-refractivity contribution is 0.0601. The number of guanidine groups is 1. The standard InChI is InChI=1S/C16H25N5O3/c1-6-17-15(18-8-14-20-12(4)24-21-14)19-9-16(5,22)13-7-10(2)23-11(13)3/h7,22H,6,8-9H2,1-5H3,(H2,17,18,19). The Balaban J connectivity index is 2.03. The van der Waals surface area contributed by atoms with Gasteiger partial charge in [-0.1, -0.05) is 5.16 Å². The van der Waals surface area contributed by atoms with Crippen molar-refractivity contribution in [3.63, 3.8) is 0 Å². The minimum atomic E-state index is -1.08. The highest BCUT2D eigenvalue weighted by atomic mass is 16.5. The molecule has 0 aliphatic heterocycles. The summed E-state index contributed by atoms with van der Waals surface area (Å²) in [6, 6.07) is 1.85. The maximum Gasteiger partial charge on any atom is 0.223 e. The molecule has 0 fully saturated rings. The molecule has 0 amide bonds. The maximum absolute atomic E-state index is 10.7. The van der Waals surface area contributed by atoms with Crippen LogP contribution < -0.4 is 10.6 Å². The van der Waals surface area contributed by atoms with Gasteiger partial charge in [0, 0.05) is 19.0 Å². The molecular formula is C16H25N5O3. The minimum Gasteiger partial charge on any atom is -0.466 e. The number of hydrogen-bond donors (Lipinski definition) is 3. The van der Waals surface area contributed by atoms with Crippen LogP contribution in [0, 0.1) is 20.8 Å². The van der Waals surface area contributed by atoms with Crippen LogP contribution in [0.25, 0.3) is 0 Å². The molecule has 0 radical (unpaired) electrons. The van der Waals surface area contributed by atoms with E-state index in [-0.39, 0.29) is 6.54 Å². The Kier molecular flexibility index (Phi) is 5.61. The largest absolute Gasteiger partial charge is 0.466 e. The van der Waals surface area contributed by atoms with Gasteiger partial charge in [-0.15, -0.1) is 0 Å². The molecule has 0 aliphatic carbocycles. The first kappa shape index (κ1) is 18.0. The second-order valence-corrected chi connectivity index (χ2v) is 5.88. The third-order valence-corrected chi connectivity index (χ3v) is 3.51. The zero-order valence-corrected chi connectivity index (χ0v) is 14.8. The van der Waals surface area contributed by atoms with E-state index in [1.165, 1.54) is 0 Å². The van der Waals surface area contributed by atoms with Crippen LogP contribution in [-0.2, 0) is 12.1 Å². The van der Waals surface area contributed by atoms with E-state index in [1.807, 2.05) is 26.8 Å². The average Bonchev–Trinajstić information content (AvgIpc) is 3.07. The van der Waals surface area contributed by atoms with Crippen LogP contribution in [0.15, 0.2) is 20.0 Å². The van der Waals surface area contributed by atoms with E-state index in [4.69, 9.17) is 8.94 Å². The number of nitrogens with zero attached hydrogens (tertiary/aromatic N) is 3. The number of hydrogen-bond acceptors (Lipinski definition) is 6. The number of nitrogens with one attached hydrogen (secondary N) is 2. The normalized spacial score (nSPS) is 14.5. The summed E-state index contributed by atoms with van der Waals surface area (Å²) in [7, 11) is 0. The van der Waals surface area contributed by atoms with Crippen molar-refractivity contribution >= 4 is 5.96 Å². The van der Waals surface area contributed by atoms with Gasteiger partial charge >= 0.3 is 0 Å². The molecule has 24 heavy (non-hydrogen) atoms. The summed E-state index contributed by atoms with van der Waals surface area (Å²) >= 11 is 0. The number of aromatic nitrogens is 2. The van der Waals surface area contributed by atoms with E-state index in [0.29, 0.717) is 36.5 Å². The molecule has 8 heteroatoms. The molecule has 0 aliphatic rings. The lowest BCUT2D eigenvalue weighted by atomic mass is 9.96. The summed E-state index contributed by atoms with van der Waals surface area (Å²) in [5.41, 5.74) is -0.321. The van der Waals surface area contributed by atoms with E-state index in [1.54, 1.807) is 13.8 Å². The van der Waals surface area contributed by atoms with Gasteiger partial charge in [0.1, 0.15) is 23.7 Å². The van der Waals surface area contributed by atoms with Crippen LogP contribution in [-0.4, -0.2) is 34.3 Å². The molecule has 0 saturated heterocycles.